The molecule has 5 nitrogen and oxygen atoms in total. The Morgan fingerprint density at radius 1 is 0.966 bits per heavy atom. The second kappa shape index (κ2) is 8.55. The van der Waals surface area contributed by atoms with E-state index < -0.39 is 6.36 Å². The number of para-hydroxylation sites is 2. The van der Waals surface area contributed by atoms with Crippen LogP contribution in [0.15, 0.2) is 72.8 Å². The molecule has 8 heteroatoms. The standard InChI is InChI=1S/C21H18F3N3O2/c22-21(23,24)29-17-5-3-4-16(12-17)26-13-14-8-10-15(11-9-14)20(28)27-19-7-2-1-6-18(19)25/h1-12,26H,13,25H2,(H,27,28). The summed E-state index contributed by atoms with van der Waals surface area (Å²) in [6.45, 7) is 0.364. The van der Waals surface area contributed by atoms with Crippen LogP contribution in [-0.2, 0) is 6.54 Å². The lowest BCUT2D eigenvalue weighted by Gasteiger charge is -2.12. The van der Waals surface area contributed by atoms with Gasteiger partial charge in [-0.15, -0.1) is 13.2 Å². The third kappa shape index (κ3) is 5.90. The normalized spacial score (nSPS) is 11.0. The van der Waals surface area contributed by atoms with E-state index in [2.05, 4.69) is 15.4 Å². The minimum Gasteiger partial charge on any atom is -0.406 e. The highest BCUT2D eigenvalue weighted by atomic mass is 19.4. The number of amides is 1. The number of hydrogen-bond donors (Lipinski definition) is 3. The van der Waals surface area contributed by atoms with Crippen molar-refractivity contribution in [2.45, 2.75) is 12.9 Å². The first kappa shape index (κ1) is 20.1. The molecule has 0 atom stereocenters. The maximum atomic E-state index is 12.3. The van der Waals surface area contributed by atoms with E-state index >= 15 is 0 Å². The number of hydrogen-bond acceptors (Lipinski definition) is 4. The Morgan fingerprint density at radius 2 is 1.69 bits per heavy atom. The van der Waals surface area contributed by atoms with Gasteiger partial charge in [0.1, 0.15) is 5.75 Å². The summed E-state index contributed by atoms with van der Waals surface area (Å²) >= 11 is 0. The molecule has 3 rings (SSSR count). The van der Waals surface area contributed by atoms with Crippen molar-refractivity contribution < 1.29 is 22.7 Å². The van der Waals surface area contributed by atoms with Crippen molar-refractivity contribution >= 4 is 23.0 Å². The Labute approximate surface area is 165 Å². The Balaban J connectivity index is 1.59. The van der Waals surface area contributed by atoms with E-state index in [9.17, 15) is 18.0 Å². The van der Waals surface area contributed by atoms with Gasteiger partial charge in [0.25, 0.3) is 5.91 Å². The number of carbonyl (C=O) groups excluding carboxylic acids is 1. The van der Waals surface area contributed by atoms with E-state index in [1.807, 2.05) is 0 Å². The van der Waals surface area contributed by atoms with Gasteiger partial charge < -0.3 is 21.1 Å². The topological polar surface area (TPSA) is 76.4 Å². The van der Waals surface area contributed by atoms with Crippen LogP contribution in [0.1, 0.15) is 15.9 Å². The quantitative estimate of drug-likeness (QED) is 0.506. The van der Waals surface area contributed by atoms with Crippen molar-refractivity contribution in [2.75, 3.05) is 16.4 Å². The number of anilines is 3. The van der Waals surface area contributed by atoms with Gasteiger partial charge in [-0.1, -0.05) is 30.3 Å². The Morgan fingerprint density at radius 3 is 2.38 bits per heavy atom. The van der Waals surface area contributed by atoms with Gasteiger partial charge in [-0.05, 0) is 42.0 Å². The molecule has 0 bridgehead atoms. The van der Waals surface area contributed by atoms with E-state index in [0.717, 1.165) is 5.56 Å². The van der Waals surface area contributed by atoms with Crippen LogP contribution in [0.4, 0.5) is 30.2 Å². The summed E-state index contributed by atoms with van der Waals surface area (Å²) in [6, 6.07) is 19.4. The van der Waals surface area contributed by atoms with Crippen molar-refractivity contribution in [2.24, 2.45) is 0 Å². The molecule has 0 radical (unpaired) electrons. The molecular formula is C21H18F3N3O2. The summed E-state index contributed by atoms with van der Waals surface area (Å²) in [4.78, 5) is 12.3. The molecule has 1 amide bonds. The van der Waals surface area contributed by atoms with E-state index in [1.165, 1.54) is 18.2 Å². The lowest BCUT2D eigenvalue weighted by Crippen LogP contribution is -2.17. The fourth-order valence-corrected chi connectivity index (χ4v) is 2.59. The summed E-state index contributed by atoms with van der Waals surface area (Å²) in [5.41, 5.74) is 8.60. The summed E-state index contributed by atoms with van der Waals surface area (Å²) < 4.78 is 40.8. The van der Waals surface area contributed by atoms with Gasteiger partial charge in [0.05, 0.1) is 11.4 Å². The maximum absolute atomic E-state index is 12.3. The van der Waals surface area contributed by atoms with Crippen LogP contribution in [0.25, 0.3) is 0 Å². The second-order valence-electron chi connectivity index (χ2n) is 6.17. The maximum Gasteiger partial charge on any atom is 0.573 e. The third-order valence-corrected chi connectivity index (χ3v) is 3.99. The lowest BCUT2D eigenvalue weighted by molar-refractivity contribution is -0.274. The molecule has 0 aliphatic rings. The predicted octanol–water partition coefficient (Wildman–Crippen LogP) is 5.03. The van der Waals surface area contributed by atoms with Crippen LogP contribution >= 0.6 is 0 Å². The largest absolute Gasteiger partial charge is 0.573 e. The Bertz CT molecular complexity index is 989. The number of alkyl halides is 3. The Hall–Kier alpha value is -3.68. The number of carbonyl (C=O) groups is 1. The molecular weight excluding hydrogens is 383 g/mol. The first-order chi connectivity index (χ1) is 13.8. The van der Waals surface area contributed by atoms with Gasteiger partial charge in [0.2, 0.25) is 0 Å². The van der Waals surface area contributed by atoms with Gasteiger partial charge in [0.15, 0.2) is 0 Å². The molecule has 3 aromatic rings. The van der Waals surface area contributed by atoms with Crippen molar-refractivity contribution in [3.05, 3.63) is 83.9 Å². The molecule has 0 heterocycles. The van der Waals surface area contributed by atoms with Gasteiger partial charge in [-0.25, -0.2) is 0 Å². The van der Waals surface area contributed by atoms with Crippen molar-refractivity contribution in [3.8, 4) is 5.75 Å². The average Bonchev–Trinajstić information content (AvgIpc) is 2.67. The van der Waals surface area contributed by atoms with E-state index in [4.69, 9.17) is 5.73 Å². The minimum absolute atomic E-state index is 0.292. The van der Waals surface area contributed by atoms with Gasteiger partial charge in [-0.2, -0.15) is 0 Å². The number of ether oxygens (including phenoxy) is 1. The molecule has 150 valence electrons. The molecule has 0 aliphatic heterocycles. The molecule has 0 fully saturated rings. The fraction of sp³-hybridized carbons (Fsp3) is 0.0952. The Kier molecular flexibility index (Phi) is 5.92. The van der Waals surface area contributed by atoms with E-state index in [0.29, 0.717) is 29.2 Å². The molecule has 0 spiro atoms. The number of nitrogen functional groups attached to an aromatic ring is 1. The van der Waals surface area contributed by atoms with E-state index in [1.54, 1.807) is 54.6 Å². The lowest BCUT2D eigenvalue weighted by atomic mass is 10.1. The summed E-state index contributed by atoms with van der Waals surface area (Å²) in [5.74, 6) is -0.589. The highest BCUT2D eigenvalue weighted by Gasteiger charge is 2.31. The predicted molar refractivity (Wildman–Crippen MR) is 106 cm³/mol. The van der Waals surface area contributed by atoms with E-state index in [-0.39, 0.29) is 11.7 Å². The monoisotopic (exact) mass is 401 g/mol. The van der Waals surface area contributed by atoms with Crippen molar-refractivity contribution in [3.63, 3.8) is 0 Å². The first-order valence-electron chi connectivity index (χ1n) is 8.65. The SMILES string of the molecule is Nc1ccccc1NC(=O)c1ccc(CNc2cccc(OC(F)(F)F)c2)cc1. The first-order valence-corrected chi connectivity index (χ1v) is 8.65. The van der Waals surface area contributed by atoms with Gasteiger partial charge in [0, 0.05) is 23.9 Å². The molecule has 4 N–H and O–H groups in total. The summed E-state index contributed by atoms with van der Waals surface area (Å²) in [7, 11) is 0. The van der Waals surface area contributed by atoms with Crippen LogP contribution in [0.3, 0.4) is 0 Å². The highest BCUT2D eigenvalue weighted by Crippen LogP contribution is 2.25. The zero-order valence-corrected chi connectivity index (χ0v) is 15.2. The van der Waals surface area contributed by atoms with Gasteiger partial charge in [-0.3, -0.25) is 4.79 Å². The van der Waals surface area contributed by atoms with Crippen molar-refractivity contribution in [1.29, 1.82) is 0 Å². The molecule has 3 aromatic carbocycles. The number of benzene rings is 3. The molecule has 0 aliphatic carbocycles. The van der Waals surface area contributed by atoms with Gasteiger partial charge >= 0.3 is 6.36 Å². The smallest absolute Gasteiger partial charge is 0.406 e. The van der Waals surface area contributed by atoms with Crippen LogP contribution in [0.2, 0.25) is 0 Å². The molecule has 0 aromatic heterocycles. The molecule has 0 unspecified atom stereocenters. The highest BCUT2D eigenvalue weighted by molar-refractivity contribution is 6.05. The fourth-order valence-electron chi connectivity index (χ4n) is 2.59. The van der Waals surface area contributed by atoms with Crippen LogP contribution in [0.5, 0.6) is 5.75 Å². The molecule has 0 saturated heterocycles. The third-order valence-electron chi connectivity index (χ3n) is 3.99. The summed E-state index contributed by atoms with van der Waals surface area (Å²) in [5, 5.41) is 5.76. The van der Waals surface area contributed by atoms with Crippen LogP contribution in [0, 0.1) is 0 Å². The number of nitrogens with two attached hydrogens (primary N) is 1. The number of nitrogens with one attached hydrogen (secondary N) is 2. The van der Waals surface area contributed by atoms with Crippen LogP contribution < -0.4 is 21.1 Å². The van der Waals surface area contributed by atoms with Crippen LogP contribution in [-0.4, -0.2) is 12.3 Å². The number of rotatable bonds is 6. The average molecular weight is 401 g/mol. The number of halogens is 3. The minimum atomic E-state index is -4.74. The molecule has 0 saturated carbocycles. The summed E-state index contributed by atoms with van der Waals surface area (Å²) in [6.07, 6.45) is -4.74. The van der Waals surface area contributed by atoms with Crippen molar-refractivity contribution in [1.82, 2.24) is 0 Å². The zero-order chi connectivity index (χ0) is 20.9. The molecule has 29 heavy (non-hydrogen) atoms. The second-order valence-corrected chi connectivity index (χ2v) is 6.17. The zero-order valence-electron chi connectivity index (χ0n) is 15.2.